The molecule has 1 aromatic heterocycles. The maximum atomic E-state index is 12.7. The van der Waals surface area contributed by atoms with E-state index < -0.39 is 11.6 Å². The van der Waals surface area contributed by atoms with Gasteiger partial charge in [0.05, 0.1) is 11.7 Å². The maximum absolute atomic E-state index is 12.7. The van der Waals surface area contributed by atoms with Crippen LogP contribution >= 0.6 is 0 Å². The minimum atomic E-state index is -1.19. The van der Waals surface area contributed by atoms with Gasteiger partial charge in [0.2, 0.25) is 11.8 Å². The topological polar surface area (TPSA) is 97.4 Å². The molecule has 2 heterocycles. The molecule has 7 nitrogen and oxygen atoms in total. The van der Waals surface area contributed by atoms with Gasteiger partial charge < -0.3 is 16.0 Å². The van der Waals surface area contributed by atoms with Crippen LogP contribution in [0.25, 0.3) is 0 Å². The highest BCUT2D eigenvalue weighted by Gasteiger charge is 2.52. The Balaban J connectivity index is 2.63. The van der Waals surface area contributed by atoms with Gasteiger partial charge in [0.15, 0.2) is 5.54 Å². The summed E-state index contributed by atoms with van der Waals surface area (Å²) in [5, 5.41) is 2.63. The van der Waals surface area contributed by atoms with Crippen LogP contribution in [0.3, 0.4) is 0 Å². The van der Waals surface area contributed by atoms with Crippen LogP contribution in [0.1, 0.15) is 37.2 Å². The number of hydrogen-bond donors (Lipinski definition) is 2. The largest absolute Gasteiger partial charge is 0.357 e. The zero-order valence-electron chi connectivity index (χ0n) is 13.1. The fourth-order valence-electron chi connectivity index (χ4n) is 3.18. The number of aromatic nitrogens is 1. The van der Waals surface area contributed by atoms with Crippen molar-refractivity contribution in [3.63, 3.8) is 0 Å². The van der Waals surface area contributed by atoms with Crippen molar-refractivity contribution in [1.29, 1.82) is 0 Å². The molecule has 1 aromatic rings. The second-order valence-corrected chi connectivity index (χ2v) is 5.60. The fraction of sp³-hybridized carbons (Fsp3) is 0.533. The van der Waals surface area contributed by atoms with E-state index in [1.807, 2.05) is 0 Å². The van der Waals surface area contributed by atoms with E-state index >= 15 is 0 Å². The third-order valence-electron chi connectivity index (χ3n) is 4.15. The molecule has 1 aliphatic rings. The summed E-state index contributed by atoms with van der Waals surface area (Å²) in [6.07, 6.45) is 2.74. The van der Waals surface area contributed by atoms with Crippen LogP contribution in [0.5, 0.6) is 0 Å². The van der Waals surface area contributed by atoms with Crippen LogP contribution in [0, 0.1) is 0 Å². The molecule has 2 amide bonds. The predicted molar refractivity (Wildman–Crippen MR) is 81.1 cm³/mol. The summed E-state index contributed by atoms with van der Waals surface area (Å²) in [4.78, 5) is 38.5. The third-order valence-corrected chi connectivity index (χ3v) is 4.15. The first kappa shape index (κ1) is 16.2. The van der Waals surface area contributed by atoms with Crippen LogP contribution < -0.4 is 11.1 Å². The average molecular weight is 306 g/mol. The SMILES string of the molecule is CNC(=O)[C@]1(c2cccn2C(C)=O)CCCN1C(=O)[C@H](C)N. The molecular formula is C15H22N4O3. The molecular weight excluding hydrogens is 284 g/mol. The zero-order valence-corrected chi connectivity index (χ0v) is 13.1. The summed E-state index contributed by atoms with van der Waals surface area (Å²) in [6, 6.07) is 2.71. The number of nitrogens with two attached hydrogens (primary N) is 1. The summed E-state index contributed by atoms with van der Waals surface area (Å²) in [5.41, 5.74) is 5.05. The number of carbonyl (C=O) groups is 3. The minimum absolute atomic E-state index is 0.205. The Morgan fingerprint density at radius 1 is 1.41 bits per heavy atom. The first-order valence-electron chi connectivity index (χ1n) is 7.34. The molecule has 0 radical (unpaired) electrons. The highest BCUT2D eigenvalue weighted by molar-refractivity contribution is 5.95. The van der Waals surface area contributed by atoms with Crippen molar-refractivity contribution in [2.24, 2.45) is 5.73 Å². The van der Waals surface area contributed by atoms with E-state index in [-0.39, 0.29) is 17.7 Å². The standard InChI is InChI=1S/C15H22N4O3/c1-10(16)13(21)19-9-5-7-15(19,14(22)17-3)12-6-4-8-18(12)11(2)20/h4,6,8,10H,5,7,9,16H2,1-3H3,(H,17,22)/t10-,15+/m0/s1. The van der Waals surface area contributed by atoms with Crippen molar-refractivity contribution < 1.29 is 14.4 Å². The number of amides is 2. The van der Waals surface area contributed by atoms with Gasteiger partial charge >= 0.3 is 0 Å². The van der Waals surface area contributed by atoms with Crippen LogP contribution in [-0.2, 0) is 15.1 Å². The second kappa shape index (κ2) is 5.92. The first-order valence-corrected chi connectivity index (χ1v) is 7.34. The van der Waals surface area contributed by atoms with E-state index in [0.717, 1.165) is 0 Å². The Bertz CT molecular complexity index is 608. The van der Waals surface area contributed by atoms with Crippen molar-refractivity contribution >= 4 is 17.7 Å². The first-order chi connectivity index (χ1) is 10.4. The molecule has 0 spiro atoms. The second-order valence-electron chi connectivity index (χ2n) is 5.60. The monoisotopic (exact) mass is 306 g/mol. The molecule has 3 N–H and O–H groups in total. The molecule has 0 saturated carbocycles. The molecule has 2 rings (SSSR count). The lowest BCUT2D eigenvalue weighted by Gasteiger charge is -2.38. The molecule has 1 aliphatic heterocycles. The van der Waals surface area contributed by atoms with Crippen LogP contribution in [0.15, 0.2) is 18.3 Å². The van der Waals surface area contributed by atoms with Gasteiger partial charge in [-0.1, -0.05) is 0 Å². The molecule has 120 valence electrons. The molecule has 0 bridgehead atoms. The number of carbonyl (C=O) groups excluding carboxylic acids is 3. The van der Waals surface area contributed by atoms with E-state index in [1.54, 1.807) is 25.3 Å². The van der Waals surface area contributed by atoms with Crippen molar-refractivity contribution in [2.45, 2.75) is 38.3 Å². The molecule has 0 aromatic carbocycles. The van der Waals surface area contributed by atoms with Gasteiger partial charge in [-0.3, -0.25) is 19.0 Å². The van der Waals surface area contributed by atoms with E-state index in [9.17, 15) is 14.4 Å². The maximum Gasteiger partial charge on any atom is 0.251 e. The Hall–Kier alpha value is -2.15. The molecule has 7 heteroatoms. The van der Waals surface area contributed by atoms with Gasteiger partial charge in [-0.2, -0.15) is 0 Å². The van der Waals surface area contributed by atoms with E-state index in [1.165, 1.54) is 23.4 Å². The number of nitrogens with zero attached hydrogens (tertiary/aromatic N) is 2. The zero-order chi connectivity index (χ0) is 16.5. The highest BCUT2D eigenvalue weighted by Crippen LogP contribution is 2.40. The lowest BCUT2D eigenvalue weighted by molar-refractivity contribution is -0.146. The molecule has 22 heavy (non-hydrogen) atoms. The van der Waals surface area contributed by atoms with Gasteiger partial charge in [0, 0.05) is 26.7 Å². The van der Waals surface area contributed by atoms with Gasteiger partial charge in [-0.05, 0) is 31.9 Å². The molecule has 1 saturated heterocycles. The van der Waals surface area contributed by atoms with Crippen molar-refractivity contribution in [2.75, 3.05) is 13.6 Å². The normalized spacial score (nSPS) is 22.5. The minimum Gasteiger partial charge on any atom is -0.357 e. The number of likely N-dealkylation sites (tertiary alicyclic amines) is 1. The Morgan fingerprint density at radius 2 is 2.09 bits per heavy atom. The number of rotatable bonds is 3. The molecule has 2 atom stereocenters. The number of hydrogen-bond acceptors (Lipinski definition) is 4. The van der Waals surface area contributed by atoms with Crippen LogP contribution in [0.4, 0.5) is 0 Å². The number of nitrogens with one attached hydrogen (secondary N) is 1. The smallest absolute Gasteiger partial charge is 0.251 e. The van der Waals surface area contributed by atoms with Gasteiger partial charge in [0.1, 0.15) is 0 Å². The third kappa shape index (κ3) is 2.31. The summed E-state index contributed by atoms with van der Waals surface area (Å²) in [6.45, 7) is 3.46. The Morgan fingerprint density at radius 3 is 2.64 bits per heavy atom. The van der Waals surface area contributed by atoms with E-state index in [2.05, 4.69) is 5.32 Å². The van der Waals surface area contributed by atoms with Crippen molar-refractivity contribution in [3.8, 4) is 0 Å². The quantitative estimate of drug-likeness (QED) is 0.825. The van der Waals surface area contributed by atoms with Crippen molar-refractivity contribution in [3.05, 3.63) is 24.0 Å². The molecule has 1 fully saturated rings. The summed E-state index contributed by atoms with van der Waals surface area (Å²) < 4.78 is 1.42. The van der Waals surface area contributed by atoms with E-state index in [0.29, 0.717) is 25.1 Å². The fourth-order valence-corrected chi connectivity index (χ4v) is 3.18. The Kier molecular flexibility index (Phi) is 4.37. The predicted octanol–water partition coefficient (Wildman–Crippen LogP) is 0.0591. The highest BCUT2D eigenvalue weighted by atomic mass is 16.2. The van der Waals surface area contributed by atoms with Gasteiger partial charge in [-0.15, -0.1) is 0 Å². The summed E-state index contributed by atoms with van der Waals surface area (Å²) in [5.74, 6) is -0.805. The Labute approximate surface area is 129 Å². The van der Waals surface area contributed by atoms with Crippen LogP contribution in [-0.4, -0.2) is 46.8 Å². The molecule has 0 unspecified atom stereocenters. The van der Waals surface area contributed by atoms with Gasteiger partial charge in [0.25, 0.3) is 5.91 Å². The van der Waals surface area contributed by atoms with Crippen molar-refractivity contribution in [1.82, 2.24) is 14.8 Å². The lowest BCUT2D eigenvalue weighted by Crippen LogP contribution is -2.58. The van der Waals surface area contributed by atoms with Crippen LogP contribution in [0.2, 0.25) is 0 Å². The molecule has 0 aliphatic carbocycles. The summed E-state index contributed by atoms with van der Waals surface area (Å²) >= 11 is 0. The lowest BCUT2D eigenvalue weighted by atomic mass is 9.89. The van der Waals surface area contributed by atoms with E-state index in [4.69, 9.17) is 5.73 Å². The van der Waals surface area contributed by atoms with Gasteiger partial charge in [-0.25, -0.2) is 0 Å². The summed E-state index contributed by atoms with van der Waals surface area (Å²) in [7, 11) is 1.53. The number of likely N-dealkylation sites (N-methyl/N-ethyl adjacent to an activating group) is 1. The average Bonchev–Trinajstić information content (AvgIpc) is 3.12.